The number of pyridine rings is 1. The minimum Gasteiger partial charge on any atom is -0.357 e. The third-order valence-electron chi connectivity index (χ3n) is 6.13. The predicted octanol–water partition coefficient (Wildman–Crippen LogP) is 6.18. The van der Waals surface area contributed by atoms with E-state index >= 15 is 0 Å². The highest BCUT2D eigenvalue weighted by Crippen LogP contribution is 2.37. The van der Waals surface area contributed by atoms with Crippen LogP contribution in [0.3, 0.4) is 0 Å². The Morgan fingerprint density at radius 3 is 2.85 bits per heavy atom. The molecule has 1 aliphatic heterocycles. The monoisotopic (exact) mass is 479 g/mol. The molecule has 1 atom stereocenters. The lowest BCUT2D eigenvalue weighted by atomic mass is 9.95. The molecule has 1 aliphatic rings. The van der Waals surface area contributed by atoms with Crippen molar-refractivity contribution in [3.8, 4) is 11.3 Å². The Morgan fingerprint density at radius 2 is 2.18 bits per heavy atom. The molecule has 0 radical (unpaired) electrons. The van der Waals surface area contributed by atoms with Gasteiger partial charge in [0.2, 0.25) is 0 Å². The molecule has 0 aromatic carbocycles. The summed E-state index contributed by atoms with van der Waals surface area (Å²) < 4.78 is 0. The molecular formula is C28H38ClN5. The van der Waals surface area contributed by atoms with Crippen LogP contribution in [0.25, 0.3) is 17.3 Å². The summed E-state index contributed by atoms with van der Waals surface area (Å²) in [6, 6.07) is 2.73. The van der Waals surface area contributed by atoms with Gasteiger partial charge in [-0.25, -0.2) is 0 Å². The number of aromatic amines is 1. The van der Waals surface area contributed by atoms with Crippen molar-refractivity contribution in [1.29, 1.82) is 0 Å². The van der Waals surface area contributed by atoms with E-state index in [-0.39, 0.29) is 0 Å². The topological polar surface area (TPSA) is 64.8 Å². The molecule has 1 saturated heterocycles. The summed E-state index contributed by atoms with van der Waals surface area (Å²) in [6.45, 7) is 10.3. The SMILES string of the molecule is C=Cc1c(CCNC)[nH]c(-c2ccncc2CCC2CCN2)c1N/C(C)=C/C=C\C(Cl)=C\CC. The van der Waals surface area contributed by atoms with Crippen LogP contribution in [0, 0.1) is 0 Å². The number of halogens is 1. The third-order valence-corrected chi connectivity index (χ3v) is 6.41. The first-order valence-electron chi connectivity index (χ1n) is 12.2. The molecule has 1 unspecified atom stereocenters. The molecule has 0 spiro atoms. The van der Waals surface area contributed by atoms with Gasteiger partial charge in [0, 0.05) is 59.0 Å². The quantitative estimate of drug-likeness (QED) is 0.259. The molecule has 0 saturated carbocycles. The van der Waals surface area contributed by atoms with Gasteiger partial charge in [-0.15, -0.1) is 0 Å². The largest absolute Gasteiger partial charge is 0.357 e. The van der Waals surface area contributed by atoms with E-state index < -0.39 is 0 Å². The van der Waals surface area contributed by atoms with Crippen LogP contribution in [0.5, 0.6) is 0 Å². The lowest BCUT2D eigenvalue weighted by molar-refractivity contribution is 0.351. The van der Waals surface area contributed by atoms with Gasteiger partial charge in [-0.3, -0.25) is 4.98 Å². The second-order valence-electron chi connectivity index (χ2n) is 8.67. The molecule has 5 nitrogen and oxygen atoms in total. The summed E-state index contributed by atoms with van der Waals surface area (Å²) in [6.07, 6.45) is 18.9. The average molecular weight is 480 g/mol. The van der Waals surface area contributed by atoms with Gasteiger partial charge in [-0.05, 0) is 70.0 Å². The highest BCUT2D eigenvalue weighted by Gasteiger charge is 2.21. The highest BCUT2D eigenvalue weighted by atomic mass is 35.5. The van der Waals surface area contributed by atoms with Crippen LogP contribution < -0.4 is 16.0 Å². The van der Waals surface area contributed by atoms with Gasteiger partial charge in [0.1, 0.15) is 0 Å². The molecular weight excluding hydrogens is 442 g/mol. The number of allylic oxidation sites excluding steroid dienone is 6. The molecule has 1 fully saturated rings. The van der Waals surface area contributed by atoms with E-state index in [4.69, 9.17) is 11.6 Å². The zero-order valence-electron chi connectivity index (χ0n) is 20.7. The van der Waals surface area contributed by atoms with Crippen LogP contribution in [-0.2, 0) is 12.8 Å². The van der Waals surface area contributed by atoms with Crippen molar-refractivity contribution < 1.29 is 0 Å². The van der Waals surface area contributed by atoms with Crippen LogP contribution in [0.2, 0.25) is 0 Å². The minimum absolute atomic E-state index is 0.620. The lowest BCUT2D eigenvalue weighted by Crippen LogP contribution is -2.42. The molecule has 2 aromatic rings. The highest BCUT2D eigenvalue weighted by molar-refractivity contribution is 6.31. The molecule has 0 aliphatic carbocycles. The van der Waals surface area contributed by atoms with Crippen LogP contribution >= 0.6 is 11.6 Å². The number of H-pyrrole nitrogens is 1. The molecule has 0 bridgehead atoms. The van der Waals surface area contributed by atoms with Gasteiger partial charge in [-0.2, -0.15) is 0 Å². The van der Waals surface area contributed by atoms with Crippen molar-refractivity contribution in [2.75, 3.05) is 25.5 Å². The normalized spacial score (nSPS) is 16.6. The van der Waals surface area contributed by atoms with Gasteiger partial charge < -0.3 is 20.9 Å². The number of rotatable bonds is 13. The van der Waals surface area contributed by atoms with Crippen molar-refractivity contribution in [3.05, 3.63) is 76.9 Å². The number of likely N-dealkylation sites (N-methyl/N-ethyl adjacent to an activating group) is 1. The molecule has 0 amide bonds. The fourth-order valence-corrected chi connectivity index (χ4v) is 4.38. The van der Waals surface area contributed by atoms with Crippen LogP contribution in [-0.4, -0.2) is 36.1 Å². The summed E-state index contributed by atoms with van der Waals surface area (Å²) in [4.78, 5) is 8.14. The van der Waals surface area contributed by atoms with Crippen LogP contribution in [0.4, 0.5) is 5.69 Å². The number of nitrogens with one attached hydrogen (secondary N) is 4. The fourth-order valence-electron chi connectivity index (χ4n) is 4.15. The molecule has 4 N–H and O–H groups in total. The van der Waals surface area contributed by atoms with E-state index in [2.05, 4.69) is 52.4 Å². The summed E-state index contributed by atoms with van der Waals surface area (Å²) >= 11 is 6.20. The van der Waals surface area contributed by atoms with Gasteiger partial charge in [-0.1, -0.05) is 43.3 Å². The summed E-state index contributed by atoms with van der Waals surface area (Å²) in [7, 11) is 1.98. The first-order chi connectivity index (χ1) is 16.6. The number of aryl methyl sites for hydroxylation is 1. The van der Waals surface area contributed by atoms with Gasteiger partial charge in [0.15, 0.2) is 0 Å². The maximum atomic E-state index is 6.20. The van der Waals surface area contributed by atoms with E-state index in [1.165, 1.54) is 23.2 Å². The second-order valence-corrected chi connectivity index (χ2v) is 9.10. The van der Waals surface area contributed by atoms with Crippen LogP contribution in [0.1, 0.15) is 49.9 Å². The number of hydrogen-bond donors (Lipinski definition) is 4. The van der Waals surface area contributed by atoms with E-state index in [1.807, 2.05) is 49.8 Å². The fraction of sp³-hybridized carbons (Fsp3) is 0.393. The number of hydrogen-bond acceptors (Lipinski definition) is 4. The lowest BCUT2D eigenvalue weighted by Gasteiger charge is -2.27. The Morgan fingerprint density at radius 1 is 1.35 bits per heavy atom. The molecule has 182 valence electrons. The first-order valence-corrected chi connectivity index (χ1v) is 12.6. The molecule has 3 rings (SSSR count). The minimum atomic E-state index is 0.620. The standard InChI is InChI=1S/C28H38ClN5/c1-5-8-22(29)10-7-9-20(3)33-27-24(6-2)26(15-16-30-4)34-28(27)25-14-17-31-19-21(25)11-12-23-13-18-32-23/h6-10,14,17,19,23,30,32-34H,2,5,11-13,15-16,18H2,1,3-4H3/b10-7-,20-9+,22-8-. The zero-order chi connectivity index (χ0) is 24.3. The summed E-state index contributed by atoms with van der Waals surface area (Å²) in [5.41, 5.74) is 7.88. The number of anilines is 1. The zero-order valence-corrected chi connectivity index (χ0v) is 21.4. The van der Waals surface area contributed by atoms with E-state index in [9.17, 15) is 0 Å². The van der Waals surface area contributed by atoms with Crippen molar-refractivity contribution >= 4 is 23.4 Å². The van der Waals surface area contributed by atoms with Gasteiger partial charge in [0.05, 0.1) is 11.4 Å². The number of aromatic nitrogens is 2. The summed E-state index contributed by atoms with van der Waals surface area (Å²) in [5, 5.41) is 11.1. The predicted molar refractivity (Wildman–Crippen MR) is 147 cm³/mol. The van der Waals surface area contributed by atoms with Gasteiger partial charge >= 0.3 is 0 Å². The molecule has 3 heterocycles. The van der Waals surface area contributed by atoms with E-state index in [0.717, 1.165) is 66.4 Å². The Bertz CT molecular complexity index is 1040. The van der Waals surface area contributed by atoms with Crippen molar-refractivity contribution in [3.63, 3.8) is 0 Å². The maximum absolute atomic E-state index is 6.20. The van der Waals surface area contributed by atoms with E-state index in [0.29, 0.717) is 6.04 Å². The van der Waals surface area contributed by atoms with Crippen molar-refractivity contribution in [1.82, 2.24) is 20.6 Å². The van der Waals surface area contributed by atoms with Crippen molar-refractivity contribution in [2.45, 2.75) is 52.0 Å². The van der Waals surface area contributed by atoms with Crippen LogP contribution in [0.15, 0.2) is 60.1 Å². The average Bonchev–Trinajstić information content (AvgIpc) is 3.13. The van der Waals surface area contributed by atoms with E-state index in [1.54, 1.807) is 0 Å². The Labute approximate surface area is 209 Å². The summed E-state index contributed by atoms with van der Waals surface area (Å²) in [5.74, 6) is 0. The molecule has 2 aromatic heterocycles. The molecule has 34 heavy (non-hydrogen) atoms. The Balaban J connectivity index is 1.96. The second kappa shape index (κ2) is 13.3. The third kappa shape index (κ3) is 6.95. The smallest absolute Gasteiger partial charge is 0.0718 e. The Hall–Kier alpha value is -2.60. The van der Waals surface area contributed by atoms with Crippen molar-refractivity contribution in [2.24, 2.45) is 0 Å². The maximum Gasteiger partial charge on any atom is 0.0718 e. The van der Waals surface area contributed by atoms with Gasteiger partial charge in [0.25, 0.3) is 0 Å². The number of nitrogens with zero attached hydrogens (tertiary/aromatic N) is 1. The molecule has 6 heteroatoms. The first kappa shape index (κ1) is 26.0. The Kier molecular flexibility index (Phi) is 10.2.